The molecule has 2 aromatic heterocycles. The molecule has 0 bridgehead atoms. The third-order valence-electron chi connectivity index (χ3n) is 5.89. The van der Waals surface area contributed by atoms with Crippen molar-refractivity contribution in [2.24, 2.45) is 0 Å². The fraction of sp³-hybridized carbons (Fsp3) is 0.240. The summed E-state index contributed by atoms with van der Waals surface area (Å²) in [6.07, 6.45) is 3.48. The van der Waals surface area contributed by atoms with Crippen molar-refractivity contribution < 1.29 is 13.5 Å². The first kappa shape index (κ1) is 20.3. The van der Waals surface area contributed by atoms with Gasteiger partial charge in [-0.1, -0.05) is 12.1 Å². The number of methoxy groups -OCH3 is 1. The minimum Gasteiger partial charge on any atom is -0.496 e. The molecule has 3 heterocycles. The fourth-order valence-electron chi connectivity index (χ4n) is 4.30. The number of aromatic nitrogens is 4. The summed E-state index contributed by atoms with van der Waals surface area (Å²) in [4.78, 5) is 9.05. The summed E-state index contributed by atoms with van der Waals surface area (Å²) in [7, 11) is 1.64. The van der Waals surface area contributed by atoms with Crippen molar-refractivity contribution in [2.75, 3.05) is 7.11 Å². The first-order valence-electron chi connectivity index (χ1n) is 10.5. The van der Waals surface area contributed by atoms with Crippen molar-refractivity contribution in [1.29, 1.82) is 0 Å². The minimum absolute atomic E-state index is 0.124. The standard InChI is InChI=1S/C25H22F2N4O/c1-15-12-17(9-10-28-15)19-7-5-18(14-23(19)32-2)24-29-25-20(4-3-11-31(25)30-24)16-6-8-21(26)22(27)13-16/h5-10,12-14,20H,3-4,11H2,1-2H3. The Balaban J connectivity index is 1.53. The van der Waals surface area contributed by atoms with E-state index >= 15 is 0 Å². The van der Waals surface area contributed by atoms with Crippen LogP contribution in [0.1, 0.15) is 35.8 Å². The van der Waals surface area contributed by atoms with E-state index in [1.165, 1.54) is 12.1 Å². The number of hydrogen-bond acceptors (Lipinski definition) is 4. The van der Waals surface area contributed by atoms with E-state index in [2.05, 4.69) is 4.98 Å². The second-order valence-electron chi connectivity index (χ2n) is 7.99. The molecule has 162 valence electrons. The Bertz CT molecular complexity index is 1300. The lowest BCUT2D eigenvalue weighted by molar-refractivity contribution is 0.416. The van der Waals surface area contributed by atoms with Gasteiger partial charge < -0.3 is 4.74 Å². The molecule has 0 saturated carbocycles. The monoisotopic (exact) mass is 432 g/mol. The van der Waals surface area contributed by atoms with Gasteiger partial charge in [-0.2, -0.15) is 5.10 Å². The van der Waals surface area contributed by atoms with E-state index in [0.29, 0.717) is 11.4 Å². The van der Waals surface area contributed by atoms with Crippen molar-refractivity contribution in [3.05, 3.63) is 83.4 Å². The molecule has 4 aromatic rings. The Kier molecular flexibility index (Phi) is 5.17. The van der Waals surface area contributed by atoms with Crippen LogP contribution in [0.15, 0.2) is 54.7 Å². The predicted octanol–water partition coefficient (Wildman–Crippen LogP) is 5.53. The smallest absolute Gasteiger partial charge is 0.181 e. The van der Waals surface area contributed by atoms with E-state index in [1.807, 2.05) is 41.9 Å². The van der Waals surface area contributed by atoms with Crippen LogP contribution in [0.25, 0.3) is 22.5 Å². The van der Waals surface area contributed by atoms with Gasteiger partial charge >= 0.3 is 0 Å². The molecule has 0 spiro atoms. The first-order chi connectivity index (χ1) is 15.5. The van der Waals surface area contributed by atoms with Gasteiger partial charge in [0.25, 0.3) is 0 Å². The van der Waals surface area contributed by atoms with E-state index in [1.54, 1.807) is 19.4 Å². The van der Waals surface area contributed by atoms with Gasteiger partial charge in [0, 0.05) is 35.5 Å². The number of rotatable bonds is 4. The highest BCUT2D eigenvalue weighted by Gasteiger charge is 2.27. The number of fused-ring (bicyclic) bond motifs is 1. The van der Waals surface area contributed by atoms with Gasteiger partial charge in [0.1, 0.15) is 11.6 Å². The number of benzene rings is 2. The SMILES string of the molecule is COc1cc(-c2nc3n(n2)CCCC3c2ccc(F)c(F)c2)ccc1-c1ccnc(C)c1. The quantitative estimate of drug-likeness (QED) is 0.426. The molecule has 5 rings (SSSR count). The van der Waals surface area contributed by atoms with Crippen LogP contribution in [0.5, 0.6) is 5.75 Å². The van der Waals surface area contributed by atoms with Crippen LogP contribution in [-0.4, -0.2) is 26.9 Å². The van der Waals surface area contributed by atoms with Crippen LogP contribution >= 0.6 is 0 Å². The number of halogens is 2. The van der Waals surface area contributed by atoms with Gasteiger partial charge in [-0.15, -0.1) is 0 Å². The lowest BCUT2D eigenvalue weighted by Crippen LogP contribution is -2.18. The molecule has 2 aromatic carbocycles. The molecule has 0 amide bonds. The Hall–Kier alpha value is -3.61. The maximum absolute atomic E-state index is 13.8. The Labute approximate surface area is 184 Å². The molecule has 5 nitrogen and oxygen atoms in total. The van der Waals surface area contributed by atoms with Crippen molar-refractivity contribution in [1.82, 2.24) is 19.7 Å². The molecular formula is C25H22F2N4O. The van der Waals surface area contributed by atoms with Crippen LogP contribution in [0.2, 0.25) is 0 Å². The van der Waals surface area contributed by atoms with Crippen LogP contribution in [0.3, 0.4) is 0 Å². The molecule has 0 N–H and O–H groups in total. The normalized spacial score (nSPS) is 15.4. The summed E-state index contributed by atoms with van der Waals surface area (Å²) in [5.74, 6) is 0.267. The van der Waals surface area contributed by atoms with E-state index in [9.17, 15) is 8.78 Å². The summed E-state index contributed by atoms with van der Waals surface area (Å²) >= 11 is 0. The predicted molar refractivity (Wildman–Crippen MR) is 117 cm³/mol. The number of aryl methyl sites for hydroxylation is 2. The summed E-state index contributed by atoms with van der Waals surface area (Å²) in [5, 5.41) is 4.70. The zero-order chi connectivity index (χ0) is 22.2. The lowest BCUT2D eigenvalue weighted by atomic mass is 9.91. The molecule has 1 aliphatic rings. The van der Waals surface area contributed by atoms with Crippen LogP contribution in [-0.2, 0) is 6.54 Å². The topological polar surface area (TPSA) is 52.8 Å². The summed E-state index contributed by atoms with van der Waals surface area (Å²) in [6.45, 7) is 2.70. The highest BCUT2D eigenvalue weighted by molar-refractivity contribution is 5.74. The van der Waals surface area contributed by atoms with Crippen molar-refractivity contribution in [3.63, 3.8) is 0 Å². The maximum Gasteiger partial charge on any atom is 0.181 e. The van der Waals surface area contributed by atoms with Crippen molar-refractivity contribution in [2.45, 2.75) is 32.2 Å². The lowest BCUT2D eigenvalue weighted by Gasteiger charge is -2.22. The molecule has 0 radical (unpaired) electrons. The number of pyridine rings is 1. The Morgan fingerprint density at radius 1 is 1.00 bits per heavy atom. The first-order valence-corrected chi connectivity index (χ1v) is 10.5. The van der Waals surface area contributed by atoms with Gasteiger partial charge in [0.05, 0.1) is 7.11 Å². The molecule has 32 heavy (non-hydrogen) atoms. The molecule has 0 fully saturated rings. The van der Waals surface area contributed by atoms with Gasteiger partial charge in [-0.05, 0) is 67.3 Å². The molecule has 0 aliphatic carbocycles. The molecule has 7 heteroatoms. The van der Waals surface area contributed by atoms with Gasteiger partial charge in [0.15, 0.2) is 17.5 Å². The van der Waals surface area contributed by atoms with Crippen molar-refractivity contribution in [3.8, 4) is 28.3 Å². The third-order valence-corrected chi connectivity index (χ3v) is 5.89. The Morgan fingerprint density at radius 2 is 1.88 bits per heavy atom. The highest BCUT2D eigenvalue weighted by atomic mass is 19.2. The summed E-state index contributed by atoms with van der Waals surface area (Å²) in [5.41, 5.74) is 4.47. The average Bonchev–Trinajstić information content (AvgIpc) is 3.25. The van der Waals surface area contributed by atoms with E-state index < -0.39 is 11.6 Å². The number of hydrogen-bond donors (Lipinski definition) is 0. The molecule has 1 atom stereocenters. The van der Waals surface area contributed by atoms with Crippen LogP contribution in [0, 0.1) is 18.6 Å². The second kappa shape index (κ2) is 8.15. The zero-order valence-electron chi connectivity index (χ0n) is 17.8. The number of ether oxygens (including phenoxy) is 1. The fourth-order valence-corrected chi connectivity index (χ4v) is 4.30. The maximum atomic E-state index is 13.8. The minimum atomic E-state index is -0.844. The molecule has 1 unspecified atom stereocenters. The number of nitrogens with zero attached hydrogens (tertiary/aromatic N) is 4. The summed E-state index contributed by atoms with van der Waals surface area (Å²) < 4.78 is 34.8. The van der Waals surface area contributed by atoms with Gasteiger partial charge in [0.2, 0.25) is 0 Å². The largest absolute Gasteiger partial charge is 0.496 e. The molecule has 1 aliphatic heterocycles. The van der Waals surface area contributed by atoms with E-state index in [0.717, 1.165) is 53.3 Å². The second-order valence-corrected chi connectivity index (χ2v) is 7.99. The van der Waals surface area contributed by atoms with Crippen LogP contribution in [0.4, 0.5) is 8.78 Å². The molecule has 0 saturated heterocycles. The van der Waals surface area contributed by atoms with Crippen molar-refractivity contribution >= 4 is 0 Å². The molecular weight excluding hydrogens is 410 g/mol. The zero-order valence-corrected chi connectivity index (χ0v) is 17.8. The highest BCUT2D eigenvalue weighted by Crippen LogP contribution is 2.36. The Morgan fingerprint density at radius 3 is 2.66 bits per heavy atom. The van der Waals surface area contributed by atoms with Crippen LogP contribution < -0.4 is 4.74 Å². The average molecular weight is 432 g/mol. The van der Waals surface area contributed by atoms with Gasteiger partial charge in [-0.25, -0.2) is 18.4 Å². The third kappa shape index (κ3) is 3.64. The van der Waals surface area contributed by atoms with Gasteiger partial charge in [-0.3, -0.25) is 4.98 Å². The summed E-state index contributed by atoms with van der Waals surface area (Å²) in [6, 6.07) is 13.9. The van der Waals surface area contributed by atoms with E-state index in [4.69, 9.17) is 14.8 Å². The van der Waals surface area contributed by atoms with E-state index in [-0.39, 0.29) is 5.92 Å².